The van der Waals surface area contributed by atoms with E-state index in [4.69, 9.17) is 0 Å². The van der Waals surface area contributed by atoms with Crippen LogP contribution in [0.3, 0.4) is 0 Å². The van der Waals surface area contributed by atoms with Gasteiger partial charge in [-0.2, -0.15) is 0 Å². The largest absolute Gasteiger partial charge is 0.325 e. The topological polar surface area (TPSA) is 87.3 Å². The van der Waals surface area contributed by atoms with Crippen LogP contribution < -0.4 is 15.4 Å². The van der Waals surface area contributed by atoms with Crippen LogP contribution in [0.4, 0.5) is 5.69 Å². The third kappa shape index (κ3) is 6.66. The summed E-state index contributed by atoms with van der Waals surface area (Å²) in [7, 11) is -3.55. The van der Waals surface area contributed by atoms with Crippen molar-refractivity contribution in [2.75, 3.05) is 5.32 Å². The van der Waals surface area contributed by atoms with Crippen LogP contribution in [0, 0.1) is 5.92 Å². The number of nitrogens with one attached hydrogen (secondary N) is 3. The molecule has 2 atom stereocenters. The fourth-order valence-electron chi connectivity index (χ4n) is 3.03. The van der Waals surface area contributed by atoms with E-state index >= 15 is 0 Å². The van der Waals surface area contributed by atoms with Crippen molar-refractivity contribution in [1.82, 2.24) is 10.0 Å². The molecular formula is C22H31N3O3S. The Balaban J connectivity index is 2.03. The van der Waals surface area contributed by atoms with E-state index in [1.807, 2.05) is 37.3 Å². The number of sulfonamides is 1. The normalized spacial score (nSPS) is 14.0. The molecule has 29 heavy (non-hydrogen) atoms. The van der Waals surface area contributed by atoms with Crippen LogP contribution in [0.25, 0.3) is 0 Å². The summed E-state index contributed by atoms with van der Waals surface area (Å²) in [5.74, 6) is 0.132. The van der Waals surface area contributed by atoms with Gasteiger partial charge in [-0.25, -0.2) is 13.1 Å². The van der Waals surface area contributed by atoms with E-state index in [2.05, 4.69) is 29.2 Å². The Kier molecular flexibility index (Phi) is 7.96. The summed E-state index contributed by atoms with van der Waals surface area (Å²) < 4.78 is 26.9. The SMILES string of the molecule is CC(C)NS(=O)(=O)c1ccc(NC(=O)[C@H](C)N[C@@H](c2ccccc2)C(C)C)cc1. The average molecular weight is 418 g/mol. The summed E-state index contributed by atoms with van der Waals surface area (Å²) >= 11 is 0. The lowest BCUT2D eigenvalue weighted by molar-refractivity contribution is -0.118. The smallest absolute Gasteiger partial charge is 0.241 e. The Morgan fingerprint density at radius 1 is 0.862 bits per heavy atom. The van der Waals surface area contributed by atoms with Gasteiger partial charge in [0.25, 0.3) is 0 Å². The molecule has 7 heteroatoms. The third-order valence-corrected chi connectivity index (χ3v) is 6.15. The number of carbonyl (C=O) groups is 1. The Morgan fingerprint density at radius 2 is 1.45 bits per heavy atom. The van der Waals surface area contributed by atoms with Gasteiger partial charge in [-0.1, -0.05) is 44.2 Å². The number of rotatable bonds is 9. The first-order valence-corrected chi connectivity index (χ1v) is 11.3. The van der Waals surface area contributed by atoms with E-state index in [1.165, 1.54) is 12.1 Å². The highest BCUT2D eigenvalue weighted by Gasteiger charge is 2.22. The molecule has 0 aliphatic rings. The van der Waals surface area contributed by atoms with Crippen molar-refractivity contribution in [1.29, 1.82) is 0 Å². The summed E-state index contributed by atoms with van der Waals surface area (Å²) in [5, 5.41) is 6.23. The Hall–Kier alpha value is -2.22. The Morgan fingerprint density at radius 3 is 1.97 bits per heavy atom. The fraction of sp³-hybridized carbons (Fsp3) is 0.409. The van der Waals surface area contributed by atoms with E-state index < -0.39 is 16.1 Å². The molecule has 0 heterocycles. The molecular weight excluding hydrogens is 386 g/mol. The minimum atomic E-state index is -3.55. The van der Waals surface area contributed by atoms with Gasteiger partial charge in [-0.05, 0) is 56.5 Å². The molecule has 0 radical (unpaired) electrons. The lowest BCUT2D eigenvalue weighted by Gasteiger charge is -2.26. The molecule has 6 nitrogen and oxygen atoms in total. The van der Waals surface area contributed by atoms with Gasteiger partial charge in [0, 0.05) is 17.8 Å². The van der Waals surface area contributed by atoms with E-state index in [-0.39, 0.29) is 22.9 Å². The van der Waals surface area contributed by atoms with Crippen LogP contribution in [0.5, 0.6) is 0 Å². The second-order valence-electron chi connectivity index (χ2n) is 7.81. The van der Waals surface area contributed by atoms with Crippen LogP contribution in [0.15, 0.2) is 59.5 Å². The second kappa shape index (κ2) is 10.0. The summed E-state index contributed by atoms with van der Waals surface area (Å²) in [4.78, 5) is 12.8. The number of amides is 1. The van der Waals surface area contributed by atoms with Crippen molar-refractivity contribution in [3.8, 4) is 0 Å². The van der Waals surface area contributed by atoms with Crippen LogP contribution >= 0.6 is 0 Å². The van der Waals surface area contributed by atoms with Gasteiger partial charge in [0.1, 0.15) is 0 Å². The zero-order chi connectivity index (χ0) is 21.6. The van der Waals surface area contributed by atoms with Crippen molar-refractivity contribution in [2.24, 2.45) is 5.92 Å². The highest BCUT2D eigenvalue weighted by atomic mass is 32.2. The summed E-state index contributed by atoms with van der Waals surface area (Å²) in [5.41, 5.74) is 1.68. The molecule has 0 aliphatic carbocycles. The van der Waals surface area contributed by atoms with Crippen LogP contribution in [-0.4, -0.2) is 26.4 Å². The maximum Gasteiger partial charge on any atom is 0.241 e. The van der Waals surface area contributed by atoms with Crippen molar-refractivity contribution < 1.29 is 13.2 Å². The molecule has 2 rings (SSSR count). The maximum absolute atomic E-state index is 12.6. The van der Waals surface area contributed by atoms with E-state index in [0.29, 0.717) is 11.6 Å². The molecule has 2 aromatic rings. The summed E-state index contributed by atoms with van der Waals surface area (Å²) in [6.45, 7) is 9.57. The van der Waals surface area contributed by atoms with Crippen molar-refractivity contribution in [3.05, 3.63) is 60.2 Å². The summed E-state index contributed by atoms with van der Waals surface area (Å²) in [6, 6.07) is 15.6. The van der Waals surface area contributed by atoms with Gasteiger partial charge >= 0.3 is 0 Å². The molecule has 0 spiro atoms. The molecule has 0 fully saturated rings. The van der Waals surface area contributed by atoms with Crippen molar-refractivity contribution in [3.63, 3.8) is 0 Å². The van der Waals surface area contributed by atoms with Crippen molar-refractivity contribution in [2.45, 2.75) is 57.6 Å². The van der Waals surface area contributed by atoms with Crippen LogP contribution in [-0.2, 0) is 14.8 Å². The first kappa shape index (κ1) is 23.1. The first-order chi connectivity index (χ1) is 13.6. The molecule has 0 aliphatic heterocycles. The number of hydrogen-bond acceptors (Lipinski definition) is 4. The molecule has 0 aromatic heterocycles. The molecule has 0 saturated carbocycles. The predicted octanol–water partition coefficient (Wildman–Crippen LogP) is 3.69. The fourth-order valence-corrected chi connectivity index (χ4v) is 4.28. The Labute approximate surface area is 174 Å². The number of benzene rings is 2. The van der Waals surface area contributed by atoms with Gasteiger partial charge < -0.3 is 5.32 Å². The minimum Gasteiger partial charge on any atom is -0.325 e. The van der Waals surface area contributed by atoms with E-state index in [9.17, 15) is 13.2 Å². The van der Waals surface area contributed by atoms with E-state index in [1.54, 1.807) is 26.0 Å². The molecule has 2 aromatic carbocycles. The van der Waals surface area contributed by atoms with Gasteiger partial charge in [-0.15, -0.1) is 0 Å². The standard InChI is InChI=1S/C22H31N3O3S/c1-15(2)21(18-9-7-6-8-10-18)23-17(5)22(26)24-19-11-13-20(14-12-19)29(27,28)25-16(3)4/h6-17,21,23,25H,1-5H3,(H,24,26)/t17-,21+/m0/s1. The van der Waals surface area contributed by atoms with Crippen LogP contribution in [0.2, 0.25) is 0 Å². The highest BCUT2D eigenvalue weighted by Crippen LogP contribution is 2.22. The van der Waals surface area contributed by atoms with E-state index in [0.717, 1.165) is 5.56 Å². The van der Waals surface area contributed by atoms with Crippen molar-refractivity contribution >= 4 is 21.6 Å². The number of anilines is 1. The number of carbonyl (C=O) groups excluding carboxylic acids is 1. The third-order valence-electron chi connectivity index (χ3n) is 4.47. The first-order valence-electron chi connectivity index (χ1n) is 9.84. The lowest BCUT2D eigenvalue weighted by atomic mass is 9.95. The van der Waals surface area contributed by atoms with Gasteiger partial charge in [0.15, 0.2) is 0 Å². The Bertz CT molecular complexity index is 895. The molecule has 3 N–H and O–H groups in total. The molecule has 158 valence electrons. The zero-order valence-corrected chi connectivity index (χ0v) is 18.5. The van der Waals surface area contributed by atoms with Gasteiger partial charge in [-0.3, -0.25) is 10.1 Å². The minimum absolute atomic E-state index is 0.0478. The molecule has 0 saturated heterocycles. The number of hydrogen-bond donors (Lipinski definition) is 3. The maximum atomic E-state index is 12.6. The molecule has 0 unspecified atom stereocenters. The quantitative estimate of drug-likeness (QED) is 0.581. The highest BCUT2D eigenvalue weighted by molar-refractivity contribution is 7.89. The second-order valence-corrected chi connectivity index (χ2v) is 9.52. The summed E-state index contributed by atoms with van der Waals surface area (Å²) in [6.07, 6.45) is 0. The van der Waals surface area contributed by atoms with Gasteiger partial charge in [0.2, 0.25) is 15.9 Å². The average Bonchev–Trinajstić information content (AvgIpc) is 2.65. The predicted molar refractivity (Wildman–Crippen MR) is 117 cm³/mol. The lowest BCUT2D eigenvalue weighted by Crippen LogP contribution is -2.41. The van der Waals surface area contributed by atoms with Gasteiger partial charge in [0.05, 0.1) is 10.9 Å². The molecule has 1 amide bonds. The monoisotopic (exact) mass is 417 g/mol. The zero-order valence-electron chi connectivity index (χ0n) is 17.6. The van der Waals surface area contributed by atoms with Crippen LogP contribution in [0.1, 0.15) is 46.2 Å². The molecule has 0 bridgehead atoms.